The first-order chi connectivity index (χ1) is 10.0. The Bertz CT molecular complexity index is 552. The number of rotatable bonds is 10. The van der Waals surface area contributed by atoms with Crippen LogP contribution >= 0.6 is 0 Å². The standard InChI is InChI=1S/C13H24N4O3S/c1-10-12(8-14-2)13(17-16-10)21(18,19)15-6-3-7-20-9-11-4-5-11/h11,14-15H,3-9H2,1-2H3,(H,16,17). The number of ether oxygens (including phenoxy) is 1. The van der Waals surface area contributed by atoms with E-state index in [0.717, 1.165) is 18.2 Å². The summed E-state index contributed by atoms with van der Waals surface area (Å²) in [6.07, 6.45) is 3.19. The van der Waals surface area contributed by atoms with E-state index in [2.05, 4.69) is 20.2 Å². The highest BCUT2D eigenvalue weighted by Crippen LogP contribution is 2.28. The minimum Gasteiger partial charge on any atom is -0.381 e. The maximum atomic E-state index is 12.2. The number of hydrogen-bond acceptors (Lipinski definition) is 5. The van der Waals surface area contributed by atoms with E-state index in [0.29, 0.717) is 31.7 Å². The van der Waals surface area contributed by atoms with Crippen LogP contribution in [0.3, 0.4) is 0 Å². The Morgan fingerprint density at radius 3 is 2.86 bits per heavy atom. The van der Waals surface area contributed by atoms with Crippen LogP contribution in [-0.4, -0.2) is 45.4 Å². The van der Waals surface area contributed by atoms with Crippen molar-refractivity contribution in [2.75, 3.05) is 26.8 Å². The molecule has 3 N–H and O–H groups in total. The average Bonchev–Trinajstić information content (AvgIpc) is 3.18. The summed E-state index contributed by atoms with van der Waals surface area (Å²) in [6, 6.07) is 0. The minimum absolute atomic E-state index is 0.0771. The summed E-state index contributed by atoms with van der Waals surface area (Å²) in [4.78, 5) is 0. The van der Waals surface area contributed by atoms with E-state index < -0.39 is 10.0 Å². The van der Waals surface area contributed by atoms with E-state index >= 15 is 0 Å². The number of aromatic amines is 1. The normalized spacial score (nSPS) is 15.5. The van der Waals surface area contributed by atoms with E-state index in [9.17, 15) is 8.42 Å². The van der Waals surface area contributed by atoms with Crippen molar-refractivity contribution < 1.29 is 13.2 Å². The van der Waals surface area contributed by atoms with Crippen molar-refractivity contribution in [1.82, 2.24) is 20.2 Å². The van der Waals surface area contributed by atoms with Crippen LogP contribution in [0.1, 0.15) is 30.5 Å². The Morgan fingerprint density at radius 1 is 1.43 bits per heavy atom. The molecule has 0 aromatic carbocycles. The average molecular weight is 316 g/mol. The lowest BCUT2D eigenvalue weighted by molar-refractivity contribution is 0.123. The molecule has 1 saturated carbocycles. The van der Waals surface area contributed by atoms with Crippen LogP contribution in [0.25, 0.3) is 0 Å². The number of H-pyrrole nitrogens is 1. The van der Waals surface area contributed by atoms with Gasteiger partial charge in [0.05, 0.1) is 0 Å². The lowest BCUT2D eigenvalue weighted by Crippen LogP contribution is -2.27. The highest BCUT2D eigenvalue weighted by molar-refractivity contribution is 7.89. The first-order valence-corrected chi connectivity index (χ1v) is 8.78. The monoisotopic (exact) mass is 316 g/mol. The third-order valence-electron chi connectivity index (χ3n) is 3.45. The maximum absolute atomic E-state index is 12.2. The highest BCUT2D eigenvalue weighted by atomic mass is 32.2. The fourth-order valence-corrected chi connectivity index (χ4v) is 3.29. The fourth-order valence-electron chi connectivity index (χ4n) is 2.02. The zero-order chi connectivity index (χ0) is 15.3. The predicted octanol–water partition coefficient (Wildman–Crippen LogP) is 0.533. The molecule has 2 rings (SSSR count). The van der Waals surface area contributed by atoms with E-state index in [1.165, 1.54) is 12.8 Å². The van der Waals surface area contributed by atoms with Gasteiger partial charge in [-0.15, -0.1) is 0 Å². The van der Waals surface area contributed by atoms with Crippen molar-refractivity contribution in [1.29, 1.82) is 0 Å². The zero-order valence-corrected chi connectivity index (χ0v) is 13.4. The summed E-state index contributed by atoms with van der Waals surface area (Å²) in [6.45, 7) is 4.02. The molecule has 0 saturated heterocycles. The molecule has 1 aliphatic rings. The number of hydrogen-bond donors (Lipinski definition) is 3. The Labute approximate surface area is 125 Å². The first-order valence-electron chi connectivity index (χ1n) is 7.30. The molecule has 0 bridgehead atoms. The summed E-state index contributed by atoms with van der Waals surface area (Å²) in [5.74, 6) is 0.734. The van der Waals surface area contributed by atoms with Crippen molar-refractivity contribution >= 4 is 10.0 Å². The molecule has 8 heteroatoms. The quantitative estimate of drug-likeness (QED) is 0.547. The number of aryl methyl sites for hydroxylation is 1. The highest BCUT2D eigenvalue weighted by Gasteiger charge is 2.23. The largest absolute Gasteiger partial charge is 0.381 e. The smallest absolute Gasteiger partial charge is 0.260 e. The second kappa shape index (κ2) is 7.35. The molecule has 0 aliphatic heterocycles. The molecule has 7 nitrogen and oxygen atoms in total. The van der Waals surface area contributed by atoms with Crippen molar-refractivity contribution in [3.8, 4) is 0 Å². The molecule has 120 valence electrons. The van der Waals surface area contributed by atoms with Gasteiger partial charge in [0.25, 0.3) is 10.0 Å². The lowest BCUT2D eigenvalue weighted by atomic mass is 10.3. The number of nitrogens with one attached hydrogen (secondary N) is 3. The van der Waals surface area contributed by atoms with E-state index in [4.69, 9.17) is 4.74 Å². The van der Waals surface area contributed by atoms with Crippen LogP contribution in [0.2, 0.25) is 0 Å². The van der Waals surface area contributed by atoms with Crippen molar-refractivity contribution in [3.05, 3.63) is 11.3 Å². The number of aromatic nitrogens is 2. The summed E-state index contributed by atoms with van der Waals surface area (Å²) >= 11 is 0. The molecule has 0 radical (unpaired) electrons. The van der Waals surface area contributed by atoms with Crippen molar-refractivity contribution in [3.63, 3.8) is 0 Å². The summed E-state index contributed by atoms with van der Waals surface area (Å²) in [5.41, 5.74) is 1.44. The van der Waals surface area contributed by atoms with E-state index in [1.54, 1.807) is 7.05 Å². The molecule has 0 amide bonds. The predicted molar refractivity (Wildman–Crippen MR) is 79.4 cm³/mol. The summed E-state index contributed by atoms with van der Waals surface area (Å²) in [7, 11) is -1.80. The lowest BCUT2D eigenvalue weighted by Gasteiger charge is -2.07. The van der Waals surface area contributed by atoms with Crippen LogP contribution in [0.5, 0.6) is 0 Å². The second-order valence-corrected chi connectivity index (χ2v) is 7.11. The van der Waals surface area contributed by atoms with Crippen LogP contribution in [-0.2, 0) is 21.3 Å². The molecule has 1 aromatic heterocycles. The van der Waals surface area contributed by atoms with Crippen LogP contribution in [0.15, 0.2) is 5.03 Å². The SMILES string of the molecule is CNCc1c(S(=O)(=O)NCCCOCC2CC2)n[nH]c1C. The van der Waals surface area contributed by atoms with Gasteiger partial charge in [0.2, 0.25) is 0 Å². The maximum Gasteiger partial charge on any atom is 0.260 e. The Kier molecular flexibility index (Phi) is 5.74. The van der Waals surface area contributed by atoms with Gasteiger partial charge in [-0.2, -0.15) is 5.10 Å². The van der Waals surface area contributed by atoms with Gasteiger partial charge >= 0.3 is 0 Å². The number of sulfonamides is 1. The minimum atomic E-state index is -3.57. The Hall–Kier alpha value is -0.960. The van der Waals surface area contributed by atoms with E-state index in [1.807, 2.05) is 6.92 Å². The zero-order valence-electron chi connectivity index (χ0n) is 12.6. The third kappa shape index (κ3) is 4.77. The van der Waals surface area contributed by atoms with Gasteiger partial charge in [0.1, 0.15) is 0 Å². The molecular weight excluding hydrogens is 292 g/mol. The second-order valence-electron chi connectivity index (χ2n) is 5.43. The molecule has 1 aromatic rings. The molecule has 1 aliphatic carbocycles. The Balaban J connectivity index is 1.80. The molecule has 0 spiro atoms. The van der Waals surface area contributed by atoms with Crippen molar-refractivity contribution in [2.45, 2.75) is 37.8 Å². The molecular formula is C13H24N4O3S. The van der Waals surface area contributed by atoms with Gasteiger partial charge in [-0.25, -0.2) is 13.1 Å². The summed E-state index contributed by atoms with van der Waals surface area (Å²) < 4.78 is 32.5. The van der Waals surface area contributed by atoms with Gasteiger partial charge in [0.15, 0.2) is 5.03 Å². The van der Waals surface area contributed by atoms with Crippen LogP contribution in [0, 0.1) is 12.8 Å². The van der Waals surface area contributed by atoms with Crippen molar-refractivity contribution in [2.24, 2.45) is 5.92 Å². The van der Waals surface area contributed by atoms with E-state index in [-0.39, 0.29) is 5.03 Å². The summed E-state index contributed by atoms with van der Waals surface area (Å²) in [5, 5.41) is 9.66. The first kappa shape index (κ1) is 16.4. The van der Waals surface area contributed by atoms with Gasteiger partial charge < -0.3 is 10.1 Å². The topological polar surface area (TPSA) is 96.1 Å². The van der Waals surface area contributed by atoms with Gasteiger partial charge in [-0.1, -0.05) is 0 Å². The van der Waals surface area contributed by atoms with Gasteiger partial charge in [0, 0.05) is 37.6 Å². The van der Waals surface area contributed by atoms with Crippen LogP contribution < -0.4 is 10.0 Å². The molecule has 21 heavy (non-hydrogen) atoms. The fraction of sp³-hybridized carbons (Fsp3) is 0.769. The molecule has 0 unspecified atom stereocenters. The van der Waals surface area contributed by atoms with Crippen LogP contribution in [0.4, 0.5) is 0 Å². The van der Waals surface area contributed by atoms with Gasteiger partial charge in [-0.3, -0.25) is 5.10 Å². The Morgan fingerprint density at radius 2 is 2.19 bits per heavy atom. The molecule has 1 fully saturated rings. The third-order valence-corrected chi connectivity index (χ3v) is 4.88. The molecule has 1 heterocycles. The number of nitrogens with zero attached hydrogens (tertiary/aromatic N) is 1. The molecule has 0 atom stereocenters. The van der Waals surface area contributed by atoms with Gasteiger partial charge in [-0.05, 0) is 39.2 Å².